The van der Waals surface area contributed by atoms with Gasteiger partial charge in [-0.2, -0.15) is 5.10 Å². The summed E-state index contributed by atoms with van der Waals surface area (Å²) in [6.07, 6.45) is 8.41. The van der Waals surface area contributed by atoms with E-state index in [2.05, 4.69) is 30.6 Å². The zero-order valence-electron chi connectivity index (χ0n) is 13.9. The van der Waals surface area contributed by atoms with Crippen molar-refractivity contribution in [3.8, 4) is 0 Å². The summed E-state index contributed by atoms with van der Waals surface area (Å²) in [5, 5.41) is 4.64. The van der Waals surface area contributed by atoms with Crippen LogP contribution in [0.4, 0.5) is 0 Å². The lowest BCUT2D eigenvalue weighted by Crippen LogP contribution is -2.31. The van der Waals surface area contributed by atoms with Crippen molar-refractivity contribution in [2.24, 2.45) is 13.0 Å². The Morgan fingerprint density at radius 3 is 3.00 bits per heavy atom. The molecule has 0 unspecified atom stereocenters. The molecule has 0 radical (unpaired) electrons. The van der Waals surface area contributed by atoms with Crippen molar-refractivity contribution < 1.29 is 4.74 Å². The highest BCUT2D eigenvalue weighted by molar-refractivity contribution is 5.36. The number of aryl methyl sites for hydroxylation is 1. The summed E-state index contributed by atoms with van der Waals surface area (Å²) in [6.45, 7) is 4.35. The predicted molar refractivity (Wildman–Crippen MR) is 89.5 cm³/mol. The van der Waals surface area contributed by atoms with Gasteiger partial charge in [0, 0.05) is 50.8 Å². The summed E-state index contributed by atoms with van der Waals surface area (Å²) in [4.78, 5) is 11.1. The predicted octanol–water partition coefficient (Wildman–Crippen LogP) is 1.15. The smallest absolute Gasteiger partial charge is 0.153 e. The highest BCUT2D eigenvalue weighted by atomic mass is 16.5. The Balaban J connectivity index is 1.44. The highest BCUT2D eigenvalue weighted by Gasteiger charge is 2.21. The van der Waals surface area contributed by atoms with Crippen molar-refractivity contribution in [1.82, 2.24) is 29.0 Å². The first-order chi connectivity index (χ1) is 11.8. The zero-order valence-corrected chi connectivity index (χ0v) is 13.9. The lowest BCUT2D eigenvalue weighted by molar-refractivity contribution is 0.121. The van der Waals surface area contributed by atoms with Gasteiger partial charge in [0.05, 0.1) is 25.5 Å². The second-order valence-corrected chi connectivity index (χ2v) is 6.39. The quantitative estimate of drug-likeness (QED) is 0.720. The van der Waals surface area contributed by atoms with E-state index in [1.54, 1.807) is 6.20 Å². The zero-order chi connectivity index (χ0) is 16.4. The lowest BCUT2D eigenvalue weighted by atomic mass is 10.0. The number of imidazole rings is 2. The van der Waals surface area contributed by atoms with E-state index in [9.17, 15) is 0 Å². The first kappa shape index (κ1) is 15.3. The summed E-state index contributed by atoms with van der Waals surface area (Å²) in [5.74, 6) is 1.52. The molecule has 7 heteroatoms. The third kappa shape index (κ3) is 3.32. The summed E-state index contributed by atoms with van der Waals surface area (Å²) in [5.41, 5.74) is 1.96. The van der Waals surface area contributed by atoms with Gasteiger partial charge in [-0.1, -0.05) is 0 Å². The van der Waals surface area contributed by atoms with Crippen LogP contribution in [0.15, 0.2) is 36.9 Å². The number of rotatable bonds is 4. The van der Waals surface area contributed by atoms with Crippen molar-refractivity contribution in [1.29, 1.82) is 0 Å². The van der Waals surface area contributed by atoms with E-state index >= 15 is 0 Å². The fraction of sp³-hybridized carbons (Fsp3) is 0.471. The van der Waals surface area contributed by atoms with Crippen LogP contribution in [0.1, 0.15) is 11.5 Å². The third-order valence-corrected chi connectivity index (χ3v) is 4.52. The first-order valence-electron chi connectivity index (χ1n) is 8.33. The fourth-order valence-electron chi connectivity index (χ4n) is 3.23. The van der Waals surface area contributed by atoms with E-state index in [1.165, 1.54) is 0 Å². The molecule has 4 rings (SSSR count). The molecule has 1 saturated heterocycles. The Morgan fingerprint density at radius 2 is 2.12 bits per heavy atom. The lowest BCUT2D eigenvalue weighted by Gasteiger charge is -2.22. The molecule has 1 atom stereocenters. The van der Waals surface area contributed by atoms with Crippen LogP contribution in [0.25, 0.3) is 5.65 Å². The van der Waals surface area contributed by atoms with E-state index < -0.39 is 0 Å². The van der Waals surface area contributed by atoms with Crippen molar-refractivity contribution in [3.63, 3.8) is 0 Å². The van der Waals surface area contributed by atoms with Crippen LogP contribution < -0.4 is 0 Å². The van der Waals surface area contributed by atoms with Gasteiger partial charge in [-0.05, 0) is 18.6 Å². The Hall–Kier alpha value is -2.25. The average Bonchev–Trinajstić information content (AvgIpc) is 3.13. The van der Waals surface area contributed by atoms with Crippen molar-refractivity contribution >= 4 is 5.65 Å². The van der Waals surface area contributed by atoms with E-state index in [0.717, 1.165) is 56.4 Å². The topological polar surface area (TPSA) is 60.5 Å². The normalized spacial score (nSPS) is 19.6. The second kappa shape index (κ2) is 6.70. The molecule has 1 aliphatic rings. The molecular weight excluding hydrogens is 304 g/mol. The van der Waals surface area contributed by atoms with Gasteiger partial charge in [0.1, 0.15) is 5.82 Å². The monoisotopic (exact) mass is 326 g/mol. The van der Waals surface area contributed by atoms with Gasteiger partial charge in [-0.15, -0.1) is 0 Å². The maximum Gasteiger partial charge on any atom is 0.153 e. The van der Waals surface area contributed by atoms with Crippen LogP contribution in [-0.4, -0.2) is 55.4 Å². The van der Waals surface area contributed by atoms with Crippen LogP contribution in [0.3, 0.4) is 0 Å². The molecule has 4 heterocycles. The molecule has 0 N–H and O–H groups in total. The molecule has 0 saturated carbocycles. The van der Waals surface area contributed by atoms with E-state index in [4.69, 9.17) is 4.74 Å². The molecule has 3 aromatic rings. The van der Waals surface area contributed by atoms with Crippen LogP contribution in [0, 0.1) is 5.92 Å². The summed E-state index contributed by atoms with van der Waals surface area (Å²) in [7, 11) is 2.04. The van der Waals surface area contributed by atoms with Gasteiger partial charge in [0.25, 0.3) is 0 Å². The van der Waals surface area contributed by atoms with Gasteiger partial charge in [-0.25, -0.2) is 14.5 Å². The molecule has 126 valence electrons. The molecule has 0 bridgehead atoms. The number of hydrogen-bond acceptors (Lipinski definition) is 5. The van der Waals surface area contributed by atoms with Crippen molar-refractivity contribution in [2.75, 3.05) is 26.3 Å². The average molecular weight is 326 g/mol. The van der Waals surface area contributed by atoms with Gasteiger partial charge in [-0.3, -0.25) is 4.90 Å². The van der Waals surface area contributed by atoms with Gasteiger partial charge in [0.15, 0.2) is 5.65 Å². The molecule has 1 fully saturated rings. The minimum atomic E-state index is 0.432. The van der Waals surface area contributed by atoms with E-state index in [-0.39, 0.29) is 0 Å². The minimum Gasteiger partial charge on any atom is -0.380 e. The maximum atomic E-state index is 5.82. The maximum absolute atomic E-state index is 5.82. The Bertz CT molecular complexity index is 810. The first-order valence-corrected chi connectivity index (χ1v) is 8.33. The Labute approximate surface area is 140 Å². The molecular formula is C17H22N6O. The second-order valence-electron chi connectivity index (χ2n) is 6.39. The van der Waals surface area contributed by atoms with Gasteiger partial charge in [0.2, 0.25) is 0 Å². The third-order valence-electron chi connectivity index (χ3n) is 4.52. The molecule has 0 aliphatic carbocycles. The number of hydrogen-bond donors (Lipinski definition) is 0. The molecule has 0 aromatic carbocycles. The number of aromatic nitrogens is 5. The molecule has 3 aromatic heterocycles. The molecule has 24 heavy (non-hydrogen) atoms. The number of ether oxygens (including phenoxy) is 1. The van der Waals surface area contributed by atoms with E-state index in [1.807, 2.05) is 36.2 Å². The molecule has 7 nitrogen and oxygen atoms in total. The fourth-order valence-corrected chi connectivity index (χ4v) is 3.23. The highest BCUT2D eigenvalue weighted by Crippen LogP contribution is 2.15. The Kier molecular flexibility index (Phi) is 4.27. The van der Waals surface area contributed by atoms with Crippen LogP contribution in [0.2, 0.25) is 0 Å². The van der Waals surface area contributed by atoms with Crippen LogP contribution in [0.5, 0.6) is 0 Å². The number of nitrogens with zero attached hydrogens (tertiary/aromatic N) is 6. The Morgan fingerprint density at radius 1 is 1.21 bits per heavy atom. The minimum absolute atomic E-state index is 0.432. The molecule has 0 amide bonds. The summed E-state index contributed by atoms with van der Waals surface area (Å²) >= 11 is 0. The molecule has 0 spiro atoms. The largest absolute Gasteiger partial charge is 0.380 e. The van der Waals surface area contributed by atoms with Crippen LogP contribution >= 0.6 is 0 Å². The van der Waals surface area contributed by atoms with Crippen molar-refractivity contribution in [3.05, 3.63) is 48.4 Å². The van der Waals surface area contributed by atoms with Gasteiger partial charge < -0.3 is 9.30 Å². The van der Waals surface area contributed by atoms with Crippen LogP contribution in [-0.2, 0) is 24.8 Å². The van der Waals surface area contributed by atoms with E-state index in [0.29, 0.717) is 5.92 Å². The standard InChI is InChI=1S/C17H22N6O/c1-21-6-4-19-17(21)12-22-8-9-24-13-14(11-22)10-15-2-3-16-18-5-7-23(16)20-15/h2-7,14H,8-13H2,1H3/t14-/m0/s1. The number of fused-ring (bicyclic) bond motifs is 1. The summed E-state index contributed by atoms with van der Waals surface area (Å²) < 4.78 is 9.73. The molecule has 1 aliphatic heterocycles. The summed E-state index contributed by atoms with van der Waals surface area (Å²) in [6, 6.07) is 4.09. The van der Waals surface area contributed by atoms with Crippen molar-refractivity contribution in [2.45, 2.75) is 13.0 Å². The SMILES string of the molecule is Cn1ccnc1CN1CCOC[C@@H](Cc2ccc3nccn3n2)C1. The van der Waals surface area contributed by atoms with Gasteiger partial charge >= 0.3 is 0 Å².